The molecule has 0 aliphatic carbocycles. The zero-order chi connectivity index (χ0) is 9.19. The Hall–Kier alpha value is -1.03. The van der Waals surface area contributed by atoms with Gasteiger partial charge < -0.3 is 5.73 Å². The Balaban J connectivity index is 3.14. The molecule has 2 nitrogen and oxygen atoms in total. The van der Waals surface area contributed by atoms with Crippen molar-refractivity contribution in [1.82, 2.24) is 4.98 Å². The highest BCUT2D eigenvalue weighted by Crippen LogP contribution is 2.28. The standard InChI is InChI=1S/C8H10F2N2/c1-8(9,10)7-2-3-12-5-6(7)4-11/h2-3,5H,4,11H2,1H3. The molecule has 2 N–H and O–H groups in total. The van der Waals surface area contributed by atoms with Gasteiger partial charge in [-0.1, -0.05) is 0 Å². The fourth-order valence-electron chi connectivity index (χ4n) is 1.02. The molecule has 0 bridgehead atoms. The first-order chi connectivity index (χ1) is 5.55. The zero-order valence-corrected chi connectivity index (χ0v) is 6.72. The van der Waals surface area contributed by atoms with Crippen LogP contribution in [0.2, 0.25) is 0 Å². The molecule has 4 heteroatoms. The van der Waals surface area contributed by atoms with E-state index in [0.717, 1.165) is 6.92 Å². The predicted molar refractivity (Wildman–Crippen MR) is 41.7 cm³/mol. The second-order valence-corrected chi connectivity index (χ2v) is 2.63. The number of halogens is 2. The molecule has 66 valence electrons. The van der Waals surface area contributed by atoms with Crippen molar-refractivity contribution < 1.29 is 8.78 Å². The van der Waals surface area contributed by atoms with Crippen molar-refractivity contribution in [2.75, 3.05) is 0 Å². The molecule has 0 atom stereocenters. The maximum absolute atomic E-state index is 12.8. The smallest absolute Gasteiger partial charge is 0.270 e. The van der Waals surface area contributed by atoms with E-state index in [4.69, 9.17) is 5.73 Å². The Morgan fingerprint density at radius 2 is 2.25 bits per heavy atom. The molecule has 0 radical (unpaired) electrons. The normalized spacial score (nSPS) is 11.7. The third-order valence-electron chi connectivity index (χ3n) is 1.60. The molecule has 12 heavy (non-hydrogen) atoms. The number of aromatic nitrogens is 1. The lowest BCUT2D eigenvalue weighted by atomic mass is 10.1. The number of nitrogens with zero attached hydrogens (tertiary/aromatic N) is 1. The van der Waals surface area contributed by atoms with Crippen LogP contribution >= 0.6 is 0 Å². The van der Waals surface area contributed by atoms with E-state index in [1.165, 1.54) is 18.5 Å². The molecule has 1 heterocycles. The summed E-state index contributed by atoms with van der Waals surface area (Å²) < 4.78 is 25.6. The van der Waals surface area contributed by atoms with E-state index in [2.05, 4.69) is 4.98 Å². The van der Waals surface area contributed by atoms with Crippen LogP contribution in [-0.2, 0) is 12.5 Å². The molecule has 1 aromatic rings. The summed E-state index contributed by atoms with van der Waals surface area (Å²) in [7, 11) is 0. The molecule has 0 spiro atoms. The van der Waals surface area contributed by atoms with Crippen molar-refractivity contribution in [3.05, 3.63) is 29.6 Å². The van der Waals surface area contributed by atoms with Gasteiger partial charge >= 0.3 is 0 Å². The highest BCUT2D eigenvalue weighted by Gasteiger charge is 2.26. The topological polar surface area (TPSA) is 38.9 Å². The minimum Gasteiger partial charge on any atom is -0.326 e. The molecule has 1 aromatic heterocycles. The number of pyridine rings is 1. The van der Waals surface area contributed by atoms with E-state index in [-0.39, 0.29) is 12.1 Å². The lowest BCUT2D eigenvalue weighted by molar-refractivity contribution is 0.0164. The van der Waals surface area contributed by atoms with Crippen LogP contribution in [0.5, 0.6) is 0 Å². The molecule has 0 aliphatic rings. The largest absolute Gasteiger partial charge is 0.326 e. The quantitative estimate of drug-likeness (QED) is 0.736. The summed E-state index contributed by atoms with van der Waals surface area (Å²) in [5.74, 6) is -2.84. The summed E-state index contributed by atoms with van der Waals surface area (Å²) in [5, 5.41) is 0. The zero-order valence-electron chi connectivity index (χ0n) is 6.72. The Morgan fingerprint density at radius 1 is 1.58 bits per heavy atom. The second-order valence-electron chi connectivity index (χ2n) is 2.63. The molecular weight excluding hydrogens is 162 g/mol. The van der Waals surface area contributed by atoms with Crippen LogP contribution in [0.4, 0.5) is 8.78 Å². The Morgan fingerprint density at radius 3 is 2.67 bits per heavy atom. The molecule has 0 aliphatic heterocycles. The number of alkyl halides is 2. The minimum atomic E-state index is -2.84. The second kappa shape index (κ2) is 3.15. The van der Waals surface area contributed by atoms with E-state index in [1.54, 1.807) is 0 Å². The van der Waals surface area contributed by atoms with Crippen LogP contribution in [-0.4, -0.2) is 4.98 Å². The molecule has 0 unspecified atom stereocenters. The van der Waals surface area contributed by atoms with Crippen LogP contribution in [0.25, 0.3) is 0 Å². The molecule has 0 fully saturated rings. The van der Waals surface area contributed by atoms with Crippen LogP contribution in [0.3, 0.4) is 0 Å². The molecule has 1 rings (SSSR count). The summed E-state index contributed by atoms with van der Waals surface area (Å²) in [6.45, 7) is 0.939. The van der Waals surface area contributed by atoms with Gasteiger partial charge in [-0.3, -0.25) is 4.98 Å². The third-order valence-corrected chi connectivity index (χ3v) is 1.60. The third kappa shape index (κ3) is 1.76. The summed E-state index contributed by atoms with van der Waals surface area (Å²) in [6, 6.07) is 1.29. The summed E-state index contributed by atoms with van der Waals surface area (Å²) >= 11 is 0. The summed E-state index contributed by atoms with van der Waals surface area (Å²) in [4.78, 5) is 3.72. The van der Waals surface area contributed by atoms with Crippen molar-refractivity contribution in [2.45, 2.75) is 19.4 Å². The van der Waals surface area contributed by atoms with Gasteiger partial charge in [0.15, 0.2) is 0 Å². The Bertz CT molecular complexity index is 268. The predicted octanol–water partition coefficient (Wildman–Crippen LogP) is 1.65. The number of rotatable bonds is 2. The molecule has 0 amide bonds. The van der Waals surface area contributed by atoms with Crippen LogP contribution in [0.15, 0.2) is 18.5 Å². The van der Waals surface area contributed by atoms with Crippen LogP contribution in [0, 0.1) is 0 Å². The molecule has 0 saturated heterocycles. The first-order valence-corrected chi connectivity index (χ1v) is 3.57. The van der Waals surface area contributed by atoms with E-state index in [1.807, 2.05) is 0 Å². The van der Waals surface area contributed by atoms with Crippen molar-refractivity contribution in [2.24, 2.45) is 5.73 Å². The summed E-state index contributed by atoms with van der Waals surface area (Å²) in [6.07, 6.45) is 2.71. The van der Waals surface area contributed by atoms with Gasteiger partial charge in [0.05, 0.1) is 0 Å². The Labute approximate surface area is 69.4 Å². The van der Waals surface area contributed by atoms with Gasteiger partial charge in [0.2, 0.25) is 0 Å². The lowest BCUT2D eigenvalue weighted by Crippen LogP contribution is -2.13. The monoisotopic (exact) mass is 172 g/mol. The highest BCUT2D eigenvalue weighted by atomic mass is 19.3. The Kier molecular flexibility index (Phi) is 2.38. The minimum absolute atomic E-state index is 0.0417. The van der Waals surface area contributed by atoms with Gasteiger partial charge in [-0.25, -0.2) is 8.78 Å². The van der Waals surface area contributed by atoms with Gasteiger partial charge in [0.25, 0.3) is 5.92 Å². The first-order valence-electron chi connectivity index (χ1n) is 3.57. The number of hydrogen-bond donors (Lipinski definition) is 1. The van der Waals surface area contributed by atoms with Gasteiger partial charge in [-0.2, -0.15) is 0 Å². The van der Waals surface area contributed by atoms with E-state index in [9.17, 15) is 8.78 Å². The average molecular weight is 172 g/mol. The van der Waals surface area contributed by atoms with Gasteiger partial charge in [-0.05, 0) is 11.6 Å². The fourth-order valence-corrected chi connectivity index (χ4v) is 1.02. The van der Waals surface area contributed by atoms with E-state index >= 15 is 0 Å². The van der Waals surface area contributed by atoms with Crippen molar-refractivity contribution in [3.8, 4) is 0 Å². The maximum Gasteiger partial charge on any atom is 0.270 e. The fraction of sp³-hybridized carbons (Fsp3) is 0.375. The number of hydrogen-bond acceptors (Lipinski definition) is 2. The molecule has 0 saturated carbocycles. The molecule has 0 aromatic carbocycles. The summed E-state index contributed by atoms with van der Waals surface area (Å²) in [5.41, 5.74) is 5.63. The maximum atomic E-state index is 12.8. The van der Waals surface area contributed by atoms with E-state index < -0.39 is 5.92 Å². The van der Waals surface area contributed by atoms with Crippen LogP contribution < -0.4 is 5.73 Å². The van der Waals surface area contributed by atoms with Gasteiger partial charge in [0.1, 0.15) is 0 Å². The van der Waals surface area contributed by atoms with Gasteiger partial charge in [0, 0.05) is 31.4 Å². The van der Waals surface area contributed by atoms with E-state index in [0.29, 0.717) is 5.56 Å². The van der Waals surface area contributed by atoms with Crippen LogP contribution in [0.1, 0.15) is 18.1 Å². The van der Waals surface area contributed by atoms with Crippen molar-refractivity contribution >= 4 is 0 Å². The lowest BCUT2D eigenvalue weighted by Gasteiger charge is -2.13. The first kappa shape index (κ1) is 9.06. The van der Waals surface area contributed by atoms with Gasteiger partial charge in [-0.15, -0.1) is 0 Å². The molecular formula is C8H10F2N2. The SMILES string of the molecule is CC(F)(F)c1ccncc1CN. The highest BCUT2D eigenvalue weighted by molar-refractivity contribution is 5.26. The van der Waals surface area contributed by atoms with Crippen molar-refractivity contribution in [1.29, 1.82) is 0 Å². The number of nitrogens with two attached hydrogens (primary N) is 1. The average Bonchev–Trinajstić information content (AvgIpc) is 2.03. The van der Waals surface area contributed by atoms with Crippen molar-refractivity contribution in [3.63, 3.8) is 0 Å².